The number of aryl methyl sites for hydroxylation is 1. The largest absolute Gasteiger partial charge is 0.313 e. The molecule has 5 nitrogen and oxygen atoms in total. The van der Waals surface area contributed by atoms with Gasteiger partial charge in [0.2, 0.25) is 0 Å². The zero-order valence-corrected chi connectivity index (χ0v) is 10.2. The third-order valence-electron chi connectivity index (χ3n) is 3.77. The highest BCUT2D eigenvalue weighted by atomic mass is 15.2. The van der Waals surface area contributed by atoms with Crippen LogP contribution in [-0.4, -0.2) is 51.8 Å². The highest BCUT2D eigenvalue weighted by Gasteiger charge is 2.33. The van der Waals surface area contributed by atoms with Crippen molar-refractivity contribution in [1.82, 2.24) is 25.4 Å². The lowest BCUT2D eigenvalue weighted by Gasteiger charge is -2.15. The third kappa shape index (κ3) is 3.04. The summed E-state index contributed by atoms with van der Waals surface area (Å²) >= 11 is 0. The zero-order chi connectivity index (χ0) is 11.5. The van der Waals surface area contributed by atoms with Crippen LogP contribution < -0.4 is 5.32 Å². The van der Waals surface area contributed by atoms with E-state index in [2.05, 4.69) is 25.4 Å². The summed E-state index contributed by atoms with van der Waals surface area (Å²) < 4.78 is 0. The van der Waals surface area contributed by atoms with Gasteiger partial charge in [-0.3, -0.25) is 10.00 Å². The minimum atomic E-state index is 0.713. The normalized spacial score (nSPS) is 25.5. The molecule has 2 fully saturated rings. The number of rotatable bonds is 6. The van der Waals surface area contributed by atoms with Crippen LogP contribution >= 0.6 is 0 Å². The topological polar surface area (TPSA) is 56.8 Å². The Morgan fingerprint density at radius 2 is 2.35 bits per heavy atom. The minimum Gasteiger partial charge on any atom is -0.313 e. The van der Waals surface area contributed by atoms with Crippen LogP contribution in [0.3, 0.4) is 0 Å². The zero-order valence-electron chi connectivity index (χ0n) is 10.2. The second-order valence-electron chi connectivity index (χ2n) is 5.20. The van der Waals surface area contributed by atoms with Crippen LogP contribution in [0.2, 0.25) is 0 Å². The van der Waals surface area contributed by atoms with Gasteiger partial charge in [-0.05, 0) is 32.2 Å². The van der Waals surface area contributed by atoms with Crippen molar-refractivity contribution >= 4 is 0 Å². The molecule has 94 valence electrons. The Balaban J connectivity index is 1.30. The van der Waals surface area contributed by atoms with Crippen molar-refractivity contribution in [3.8, 4) is 0 Å². The molecule has 1 atom stereocenters. The Bertz CT molecular complexity index is 333. The van der Waals surface area contributed by atoms with Gasteiger partial charge in [0.25, 0.3) is 0 Å². The van der Waals surface area contributed by atoms with Gasteiger partial charge >= 0.3 is 0 Å². The summed E-state index contributed by atoms with van der Waals surface area (Å²) in [6.45, 7) is 3.64. The van der Waals surface area contributed by atoms with E-state index in [1.165, 1.54) is 32.4 Å². The van der Waals surface area contributed by atoms with Gasteiger partial charge in [-0.2, -0.15) is 5.10 Å². The number of hydrogen-bond donors (Lipinski definition) is 2. The molecule has 1 aliphatic heterocycles. The van der Waals surface area contributed by atoms with Crippen LogP contribution in [0.25, 0.3) is 0 Å². The molecule has 3 rings (SSSR count). The Morgan fingerprint density at radius 1 is 1.41 bits per heavy atom. The molecule has 1 saturated heterocycles. The van der Waals surface area contributed by atoms with Crippen molar-refractivity contribution < 1.29 is 0 Å². The quantitative estimate of drug-likeness (QED) is 0.708. The molecule has 0 aromatic carbocycles. The summed E-state index contributed by atoms with van der Waals surface area (Å²) in [6, 6.07) is 1.64. The fourth-order valence-corrected chi connectivity index (χ4v) is 2.64. The van der Waals surface area contributed by atoms with E-state index in [1.54, 1.807) is 6.33 Å². The summed E-state index contributed by atoms with van der Waals surface area (Å²) in [5, 5.41) is 10.4. The van der Waals surface area contributed by atoms with E-state index in [0.717, 1.165) is 31.3 Å². The first-order valence-corrected chi connectivity index (χ1v) is 6.73. The average molecular weight is 235 g/mol. The average Bonchev–Trinajstić information content (AvgIpc) is 2.89. The van der Waals surface area contributed by atoms with Gasteiger partial charge < -0.3 is 5.32 Å². The predicted octanol–water partition coefficient (Wildman–Crippen LogP) is 0.564. The Hall–Kier alpha value is -0.940. The van der Waals surface area contributed by atoms with Crippen LogP contribution in [-0.2, 0) is 6.42 Å². The van der Waals surface area contributed by atoms with Crippen molar-refractivity contribution in [2.24, 2.45) is 0 Å². The first kappa shape index (κ1) is 11.2. The monoisotopic (exact) mass is 235 g/mol. The Labute approximate surface area is 102 Å². The maximum absolute atomic E-state index is 4.13. The van der Waals surface area contributed by atoms with E-state index >= 15 is 0 Å². The van der Waals surface area contributed by atoms with Crippen LogP contribution in [0.1, 0.15) is 31.5 Å². The molecule has 2 N–H and O–H groups in total. The number of H-pyrrole nitrogens is 1. The number of aromatic amines is 1. The molecule has 2 heterocycles. The number of hydrogen-bond acceptors (Lipinski definition) is 4. The molecule has 0 radical (unpaired) electrons. The molecule has 0 amide bonds. The van der Waals surface area contributed by atoms with E-state index in [-0.39, 0.29) is 0 Å². The summed E-state index contributed by atoms with van der Waals surface area (Å²) in [5.74, 6) is 0.998. The van der Waals surface area contributed by atoms with Crippen molar-refractivity contribution in [1.29, 1.82) is 0 Å². The van der Waals surface area contributed by atoms with E-state index < -0.39 is 0 Å². The standard InChI is InChI=1S/C12H21N5/c1(2-12-14-9-15-16-12)6-13-10-5-7-17(8-10)11-3-4-11/h9-11,13H,1-8H2,(H,14,15,16). The predicted molar refractivity (Wildman–Crippen MR) is 65.7 cm³/mol. The highest BCUT2D eigenvalue weighted by molar-refractivity contribution is 4.91. The molecule has 1 aromatic rings. The fraction of sp³-hybridized carbons (Fsp3) is 0.833. The van der Waals surface area contributed by atoms with Gasteiger partial charge in [0.1, 0.15) is 12.2 Å². The molecular weight excluding hydrogens is 214 g/mol. The first-order chi connectivity index (χ1) is 8.42. The van der Waals surface area contributed by atoms with Crippen molar-refractivity contribution in [2.75, 3.05) is 19.6 Å². The molecule has 1 saturated carbocycles. The summed E-state index contributed by atoms with van der Waals surface area (Å²) in [4.78, 5) is 6.77. The van der Waals surface area contributed by atoms with Crippen molar-refractivity contribution in [3.63, 3.8) is 0 Å². The van der Waals surface area contributed by atoms with Crippen LogP contribution in [0, 0.1) is 0 Å². The first-order valence-electron chi connectivity index (χ1n) is 6.73. The minimum absolute atomic E-state index is 0.713. The lowest BCUT2D eigenvalue weighted by Crippen LogP contribution is -2.34. The third-order valence-corrected chi connectivity index (χ3v) is 3.77. The smallest absolute Gasteiger partial charge is 0.137 e. The SMILES string of the molecule is c1n[nH]c(CCCNC2CCN(C3CC3)C2)n1. The molecule has 17 heavy (non-hydrogen) atoms. The lowest BCUT2D eigenvalue weighted by molar-refractivity contribution is 0.317. The molecule has 2 aliphatic rings. The second-order valence-corrected chi connectivity index (χ2v) is 5.20. The van der Waals surface area contributed by atoms with Crippen LogP contribution in [0.4, 0.5) is 0 Å². The lowest BCUT2D eigenvalue weighted by atomic mass is 10.2. The number of aromatic nitrogens is 3. The van der Waals surface area contributed by atoms with E-state index in [1.807, 2.05) is 0 Å². The van der Waals surface area contributed by atoms with Crippen molar-refractivity contribution in [3.05, 3.63) is 12.2 Å². The van der Waals surface area contributed by atoms with Crippen LogP contribution in [0.5, 0.6) is 0 Å². The van der Waals surface area contributed by atoms with Crippen LogP contribution in [0.15, 0.2) is 6.33 Å². The maximum Gasteiger partial charge on any atom is 0.137 e. The molecule has 1 unspecified atom stereocenters. The van der Waals surface area contributed by atoms with Gasteiger partial charge in [0.15, 0.2) is 0 Å². The van der Waals surface area contributed by atoms with Gasteiger partial charge in [-0.1, -0.05) is 0 Å². The molecular formula is C12H21N5. The summed E-state index contributed by atoms with van der Waals surface area (Å²) in [5.41, 5.74) is 0. The van der Waals surface area contributed by atoms with E-state index in [0.29, 0.717) is 6.04 Å². The van der Waals surface area contributed by atoms with Gasteiger partial charge in [-0.15, -0.1) is 0 Å². The van der Waals surface area contributed by atoms with Gasteiger partial charge in [-0.25, -0.2) is 4.98 Å². The summed E-state index contributed by atoms with van der Waals surface area (Å²) in [6.07, 6.45) is 7.88. The summed E-state index contributed by atoms with van der Waals surface area (Å²) in [7, 11) is 0. The Kier molecular flexibility index (Phi) is 3.38. The van der Waals surface area contributed by atoms with E-state index in [9.17, 15) is 0 Å². The van der Waals surface area contributed by atoms with Gasteiger partial charge in [0.05, 0.1) is 0 Å². The van der Waals surface area contributed by atoms with Crippen molar-refractivity contribution in [2.45, 2.75) is 44.2 Å². The fourth-order valence-electron chi connectivity index (χ4n) is 2.64. The second kappa shape index (κ2) is 5.14. The molecule has 1 aliphatic carbocycles. The van der Waals surface area contributed by atoms with E-state index in [4.69, 9.17) is 0 Å². The highest BCUT2D eigenvalue weighted by Crippen LogP contribution is 2.29. The number of likely N-dealkylation sites (tertiary alicyclic amines) is 1. The van der Waals surface area contributed by atoms with Gasteiger partial charge in [0, 0.05) is 31.6 Å². The number of nitrogens with zero attached hydrogens (tertiary/aromatic N) is 3. The molecule has 5 heteroatoms. The molecule has 0 bridgehead atoms. The maximum atomic E-state index is 4.13. The molecule has 0 spiro atoms. The number of nitrogens with one attached hydrogen (secondary N) is 2. The Morgan fingerprint density at radius 3 is 3.12 bits per heavy atom. The molecule has 1 aromatic heterocycles.